The lowest BCUT2D eigenvalue weighted by atomic mass is 10.1. The first-order valence-corrected chi connectivity index (χ1v) is 9.26. The topological polar surface area (TPSA) is 48.4 Å². The highest BCUT2D eigenvalue weighted by Crippen LogP contribution is 2.30. The Kier molecular flexibility index (Phi) is 4.85. The second-order valence-corrected chi connectivity index (χ2v) is 7.58. The highest BCUT2D eigenvalue weighted by Gasteiger charge is 2.18. The maximum atomic E-state index is 13.7. The molecular formula is C15H16FNO3S2. The summed E-state index contributed by atoms with van der Waals surface area (Å²) in [6.45, 7) is 2.43. The predicted octanol–water partition coefficient (Wildman–Crippen LogP) is 2.95. The second-order valence-electron chi connectivity index (χ2n) is 5.06. The summed E-state index contributed by atoms with van der Waals surface area (Å²) in [5, 5.41) is 0. The van der Waals surface area contributed by atoms with E-state index in [4.69, 9.17) is 9.47 Å². The van der Waals surface area contributed by atoms with E-state index < -0.39 is 10.8 Å². The van der Waals surface area contributed by atoms with Crippen LogP contribution in [0.5, 0.6) is 5.75 Å². The maximum Gasteiger partial charge on any atom is 0.189 e. The molecule has 1 unspecified atom stereocenters. The molecule has 0 aliphatic carbocycles. The van der Waals surface area contributed by atoms with Crippen molar-refractivity contribution in [3.63, 3.8) is 0 Å². The molecule has 0 fully saturated rings. The first kappa shape index (κ1) is 15.6. The van der Waals surface area contributed by atoms with Crippen molar-refractivity contribution < 1.29 is 18.1 Å². The molecule has 0 saturated heterocycles. The summed E-state index contributed by atoms with van der Waals surface area (Å²) in [5.41, 5.74) is 4.12. The van der Waals surface area contributed by atoms with Gasteiger partial charge >= 0.3 is 0 Å². The molecule has 1 atom stereocenters. The molecule has 2 aromatic rings. The standard InChI is InChI=1S/C15H16FNO3S2/c1-10-14(21-8-17-10)2-3-22(18)7-12-5-13(16)4-11-6-19-9-20-15(11)12/h4-5,8H,2-3,6-7,9H2,1H3. The van der Waals surface area contributed by atoms with Crippen molar-refractivity contribution in [1.29, 1.82) is 0 Å². The SMILES string of the molecule is Cc1ncsc1CCS(=O)Cc1cc(F)cc2c1OCOC2. The van der Waals surface area contributed by atoms with Gasteiger partial charge in [-0.05, 0) is 25.5 Å². The van der Waals surface area contributed by atoms with Crippen LogP contribution in [0.15, 0.2) is 17.6 Å². The first-order chi connectivity index (χ1) is 10.6. The summed E-state index contributed by atoms with van der Waals surface area (Å²) >= 11 is 1.58. The highest BCUT2D eigenvalue weighted by atomic mass is 32.2. The highest BCUT2D eigenvalue weighted by molar-refractivity contribution is 7.84. The van der Waals surface area contributed by atoms with Crippen molar-refractivity contribution >= 4 is 22.1 Å². The third kappa shape index (κ3) is 3.53. The minimum Gasteiger partial charge on any atom is -0.467 e. The van der Waals surface area contributed by atoms with Crippen molar-refractivity contribution in [3.05, 3.63) is 45.2 Å². The van der Waals surface area contributed by atoms with E-state index in [1.54, 1.807) is 16.8 Å². The molecule has 0 bridgehead atoms. The Morgan fingerprint density at radius 3 is 3.09 bits per heavy atom. The summed E-state index contributed by atoms with van der Waals surface area (Å²) in [4.78, 5) is 5.34. The molecule has 1 aromatic heterocycles. The largest absolute Gasteiger partial charge is 0.467 e. The van der Waals surface area contributed by atoms with Crippen LogP contribution in [0.3, 0.4) is 0 Å². The average molecular weight is 341 g/mol. The van der Waals surface area contributed by atoms with Gasteiger partial charge in [0, 0.05) is 32.6 Å². The molecule has 22 heavy (non-hydrogen) atoms. The van der Waals surface area contributed by atoms with Crippen molar-refractivity contribution in [2.45, 2.75) is 25.7 Å². The summed E-state index contributed by atoms with van der Waals surface area (Å²) in [6, 6.07) is 2.81. The molecular weight excluding hydrogens is 325 g/mol. The minimum absolute atomic E-state index is 0.151. The Hall–Kier alpha value is -1.31. The predicted molar refractivity (Wildman–Crippen MR) is 84.0 cm³/mol. The molecule has 1 aliphatic rings. The van der Waals surface area contributed by atoms with Crippen LogP contribution in [0.1, 0.15) is 21.7 Å². The van der Waals surface area contributed by atoms with Gasteiger partial charge in [-0.3, -0.25) is 4.21 Å². The Labute approximate surface area is 134 Å². The molecule has 118 valence electrons. The Morgan fingerprint density at radius 1 is 1.45 bits per heavy atom. The Balaban J connectivity index is 1.69. The molecule has 0 saturated carbocycles. The van der Waals surface area contributed by atoms with Crippen molar-refractivity contribution in [2.75, 3.05) is 12.5 Å². The summed E-state index contributed by atoms with van der Waals surface area (Å²) in [5.74, 6) is 1.09. The smallest absolute Gasteiger partial charge is 0.189 e. The van der Waals surface area contributed by atoms with Crippen molar-refractivity contribution in [2.24, 2.45) is 0 Å². The first-order valence-electron chi connectivity index (χ1n) is 6.89. The van der Waals surface area contributed by atoms with Crippen molar-refractivity contribution in [1.82, 2.24) is 4.98 Å². The monoisotopic (exact) mass is 341 g/mol. The zero-order valence-corrected chi connectivity index (χ0v) is 13.8. The van der Waals surface area contributed by atoms with Crippen LogP contribution in [0.4, 0.5) is 4.39 Å². The van der Waals surface area contributed by atoms with E-state index in [9.17, 15) is 8.60 Å². The van der Waals surface area contributed by atoms with Gasteiger partial charge in [-0.2, -0.15) is 0 Å². The molecule has 7 heteroatoms. The Bertz CT molecular complexity index is 702. The summed E-state index contributed by atoms with van der Waals surface area (Å²) < 4.78 is 36.6. The molecule has 3 rings (SSSR count). The third-order valence-corrected chi connectivity index (χ3v) is 5.76. The van der Waals surface area contributed by atoms with Crippen molar-refractivity contribution in [3.8, 4) is 5.75 Å². The number of hydrogen-bond acceptors (Lipinski definition) is 5. The molecule has 0 N–H and O–H groups in total. The van der Waals surface area contributed by atoms with E-state index in [-0.39, 0.29) is 18.4 Å². The van der Waals surface area contributed by atoms with Crippen LogP contribution in [0.25, 0.3) is 0 Å². The van der Waals surface area contributed by atoms with E-state index in [2.05, 4.69) is 4.98 Å². The molecule has 0 radical (unpaired) electrons. The van der Waals surface area contributed by atoms with Gasteiger partial charge in [-0.25, -0.2) is 9.37 Å². The minimum atomic E-state index is -1.08. The number of aryl methyl sites for hydroxylation is 2. The molecule has 1 aliphatic heterocycles. The van der Waals surface area contributed by atoms with Gasteiger partial charge in [-0.1, -0.05) is 0 Å². The van der Waals surface area contributed by atoms with Crippen LogP contribution >= 0.6 is 11.3 Å². The van der Waals surface area contributed by atoms with Gasteiger partial charge in [-0.15, -0.1) is 11.3 Å². The quantitative estimate of drug-likeness (QED) is 0.839. The molecule has 1 aromatic carbocycles. The van der Waals surface area contributed by atoms with E-state index in [1.165, 1.54) is 12.1 Å². The number of nitrogens with zero attached hydrogens (tertiary/aromatic N) is 1. The van der Waals surface area contributed by atoms with Crippen LogP contribution < -0.4 is 4.74 Å². The lowest BCUT2D eigenvalue weighted by Crippen LogP contribution is -2.15. The number of hydrogen-bond donors (Lipinski definition) is 0. The number of aromatic nitrogens is 1. The fourth-order valence-corrected chi connectivity index (χ4v) is 4.43. The Morgan fingerprint density at radius 2 is 2.32 bits per heavy atom. The number of rotatable bonds is 5. The van der Waals surface area contributed by atoms with E-state index in [0.29, 0.717) is 29.2 Å². The summed E-state index contributed by atoms with van der Waals surface area (Å²) in [6.07, 6.45) is 0.727. The molecule has 0 spiro atoms. The second kappa shape index (κ2) is 6.85. The number of halogens is 1. The lowest BCUT2D eigenvalue weighted by Gasteiger charge is -2.20. The number of thiazole rings is 1. The number of fused-ring (bicyclic) bond motifs is 1. The maximum absolute atomic E-state index is 13.7. The molecule has 2 heterocycles. The van der Waals surface area contributed by atoms with E-state index >= 15 is 0 Å². The van der Waals surface area contributed by atoms with Gasteiger partial charge < -0.3 is 9.47 Å². The van der Waals surface area contributed by atoms with Gasteiger partial charge in [0.2, 0.25) is 0 Å². The van der Waals surface area contributed by atoms with Gasteiger partial charge in [0.05, 0.1) is 23.6 Å². The van der Waals surface area contributed by atoms with E-state index in [0.717, 1.165) is 17.0 Å². The van der Waals surface area contributed by atoms with Crippen LogP contribution in [-0.2, 0) is 34.3 Å². The molecule has 0 amide bonds. The zero-order valence-electron chi connectivity index (χ0n) is 12.1. The van der Waals surface area contributed by atoms with Gasteiger partial charge in [0.15, 0.2) is 6.79 Å². The van der Waals surface area contributed by atoms with Gasteiger partial charge in [0.1, 0.15) is 11.6 Å². The third-order valence-electron chi connectivity index (χ3n) is 3.47. The lowest BCUT2D eigenvalue weighted by molar-refractivity contribution is -0.0171. The van der Waals surface area contributed by atoms with Crippen LogP contribution in [0.2, 0.25) is 0 Å². The fraction of sp³-hybridized carbons (Fsp3) is 0.400. The number of benzene rings is 1. The van der Waals surface area contributed by atoms with E-state index in [1.807, 2.05) is 6.92 Å². The van der Waals surface area contributed by atoms with Crippen LogP contribution in [0, 0.1) is 12.7 Å². The normalized spacial score (nSPS) is 15.2. The summed E-state index contributed by atoms with van der Waals surface area (Å²) in [7, 11) is -1.08. The number of ether oxygens (including phenoxy) is 2. The van der Waals surface area contributed by atoms with Crippen LogP contribution in [-0.4, -0.2) is 21.7 Å². The molecule has 4 nitrogen and oxygen atoms in total. The van der Waals surface area contributed by atoms with Gasteiger partial charge in [0.25, 0.3) is 0 Å². The zero-order chi connectivity index (χ0) is 15.5. The average Bonchev–Trinajstić information content (AvgIpc) is 2.90. The fourth-order valence-electron chi connectivity index (χ4n) is 2.38.